The van der Waals surface area contributed by atoms with E-state index in [1.807, 2.05) is 5.32 Å². The SMILES string of the molecule is Cn1ccnc(N2CCC[C@H](NC(=O)NCC(F)(F)CO)C2)c1=O. The minimum absolute atomic E-state index is 0.231. The molecule has 2 rings (SSSR count). The van der Waals surface area contributed by atoms with Crippen LogP contribution in [0.1, 0.15) is 12.8 Å². The van der Waals surface area contributed by atoms with Crippen molar-refractivity contribution in [3.05, 3.63) is 22.7 Å². The number of hydrogen-bond acceptors (Lipinski definition) is 5. The lowest BCUT2D eigenvalue weighted by Crippen LogP contribution is -2.53. The molecule has 1 atom stereocenters. The number of nitrogens with zero attached hydrogens (tertiary/aromatic N) is 3. The minimum atomic E-state index is -3.35. The minimum Gasteiger partial charge on any atom is -0.390 e. The highest BCUT2D eigenvalue weighted by Gasteiger charge is 2.29. The maximum atomic E-state index is 12.9. The third-order valence-electron chi connectivity index (χ3n) is 3.79. The highest BCUT2D eigenvalue weighted by molar-refractivity contribution is 5.74. The summed E-state index contributed by atoms with van der Waals surface area (Å²) >= 11 is 0. The fourth-order valence-electron chi connectivity index (χ4n) is 2.49. The standard InChI is InChI=1S/C14H21F2N5O3/c1-20-6-4-17-11(12(20)23)21-5-2-3-10(7-21)19-13(24)18-8-14(15,16)9-22/h4,6,10,22H,2-3,5,7-9H2,1H3,(H2,18,19,24)/t10-/m0/s1. The molecule has 1 fully saturated rings. The Morgan fingerprint density at radius 2 is 2.29 bits per heavy atom. The van der Waals surface area contributed by atoms with Gasteiger partial charge in [-0.25, -0.2) is 18.6 Å². The van der Waals surface area contributed by atoms with Crippen molar-refractivity contribution in [2.75, 3.05) is 31.1 Å². The largest absolute Gasteiger partial charge is 0.390 e. The second-order valence-corrected chi connectivity index (χ2v) is 5.79. The van der Waals surface area contributed by atoms with Gasteiger partial charge in [0.05, 0.1) is 6.54 Å². The Kier molecular flexibility index (Phi) is 5.71. The number of urea groups is 1. The molecule has 134 valence electrons. The molecule has 1 aliphatic heterocycles. The van der Waals surface area contributed by atoms with Crippen molar-refractivity contribution in [3.8, 4) is 0 Å². The first-order chi connectivity index (χ1) is 11.3. The number of alkyl halides is 2. The topological polar surface area (TPSA) is 99.5 Å². The monoisotopic (exact) mass is 345 g/mol. The Morgan fingerprint density at radius 3 is 3.00 bits per heavy atom. The van der Waals surface area contributed by atoms with Gasteiger partial charge in [-0.05, 0) is 12.8 Å². The zero-order valence-electron chi connectivity index (χ0n) is 13.3. The molecule has 2 heterocycles. The second kappa shape index (κ2) is 7.56. The first kappa shape index (κ1) is 18.1. The number of anilines is 1. The summed E-state index contributed by atoms with van der Waals surface area (Å²) in [4.78, 5) is 29.7. The summed E-state index contributed by atoms with van der Waals surface area (Å²) in [6, 6.07) is -1.02. The van der Waals surface area contributed by atoms with E-state index >= 15 is 0 Å². The molecule has 0 radical (unpaired) electrons. The Bertz CT molecular complexity index is 637. The summed E-state index contributed by atoms with van der Waals surface area (Å²) in [6.07, 6.45) is 4.49. The van der Waals surface area contributed by atoms with Gasteiger partial charge in [0, 0.05) is 38.6 Å². The van der Waals surface area contributed by atoms with Crippen LogP contribution >= 0.6 is 0 Å². The first-order valence-corrected chi connectivity index (χ1v) is 7.62. The summed E-state index contributed by atoms with van der Waals surface area (Å²) in [7, 11) is 1.63. The normalized spacial score (nSPS) is 18.3. The number of piperidine rings is 1. The van der Waals surface area contributed by atoms with Crippen LogP contribution in [-0.4, -0.2) is 58.9 Å². The Labute approximate surface area is 137 Å². The average Bonchev–Trinajstić information content (AvgIpc) is 2.56. The summed E-state index contributed by atoms with van der Waals surface area (Å²) in [5, 5.41) is 13.1. The zero-order valence-corrected chi connectivity index (χ0v) is 13.3. The fraction of sp³-hybridized carbons (Fsp3) is 0.643. The molecule has 1 aromatic heterocycles. The Hall–Kier alpha value is -2.23. The highest BCUT2D eigenvalue weighted by atomic mass is 19.3. The summed E-state index contributed by atoms with van der Waals surface area (Å²) < 4.78 is 27.2. The molecular weight excluding hydrogens is 324 g/mol. The predicted octanol–water partition coefficient (Wildman–Crippen LogP) is -0.324. The number of carbonyl (C=O) groups is 1. The molecule has 0 aromatic carbocycles. The van der Waals surface area contributed by atoms with Gasteiger partial charge in [0.1, 0.15) is 6.61 Å². The number of halogens is 2. The van der Waals surface area contributed by atoms with Gasteiger partial charge >= 0.3 is 6.03 Å². The number of aliphatic hydroxyl groups excluding tert-OH is 1. The van der Waals surface area contributed by atoms with Crippen molar-refractivity contribution in [3.63, 3.8) is 0 Å². The molecule has 3 N–H and O–H groups in total. The molecule has 10 heteroatoms. The lowest BCUT2D eigenvalue weighted by atomic mass is 10.1. The molecule has 2 amide bonds. The molecule has 0 aliphatic carbocycles. The van der Waals surface area contributed by atoms with Crippen LogP contribution in [0.3, 0.4) is 0 Å². The molecule has 1 aliphatic rings. The maximum Gasteiger partial charge on any atom is 0.315 e. The van der Waals surface area contributed by atoms with Gasteiger partial charge in [-0.15, -0.1) is 0 Å². The van der Waals surface area contributed by atoms with E-state index in [4.69, 9.17) is 5.11 Å². The van der Waals surface area contributed by atoms with Crippen LogP contribution in [0.15, 0.2) is 17.2 Å². The maximum absolute atomic E-state index is 12.9. The number of amides is 2. The fourth-order valence-corrected chi connectivity index (χ4v) is 2.49. The van der Waals surface area contributed by atoms with Crippen molar-refractivity contribution in [2.24, 2.45) is 7.05 Å². The van der Waals surface area contributed by atoms with E-state index in [0.717, 1.165) is 6.42 Å². The van der Waals surface area contributed by atoms with Crippen molar-refractivity contribution in [1.29, 1.82) is 0 Å². The Morgan fingerprint density at radius 1 is 1.54 bits per heavy atom. The molecule has 8 nitrogen and oxygen atoms in total. The second-order valence-electron chi connectivity index (χ2n) is 5.79. The van der Waals surface area contributed by atoms with E-state index in [-0.39, 0.29) is 11.6 Å². The van der Waals surface area contributed by atoms with Crippen LogP contribution in [0.5, 0.6) is 0 Å². The van der Waals surface area contributed by atoms with Gasteiger partial charge in [0.2, 0.25) is 0 Å². The van der Waals surface area contributed by atoms with Gasteiger partial charge in [0.15, 0.2) is 5.82 Å². The van der Waals surface area contributed by atoms with E-state index < -0.39 is 25.1 Å². The molecule has 1 saturated heterocycles. The zero-order chi connectivity index (χ0) is 17.7. The smallest absolute Gasteiger partial charge is 0.315 e. The van der Waals surface area contributed by atoms with E-state index in [0.29, 0.717) is 25.3 Å². The van der Waals surface area contributed by atoms with Crippen LogP contribution in [0.25, 0.3) is 0 Å². The van der Waals surface area contributed by atoms with Crippen LogP contribution in [0.4, 0.5) is 19.4 Å². The third-order valence-corrected chi connectivity index (χ3v) is 3.79. The van der Waals surface area contributed by atoms with Gasteiger partial charge in [-0.2, -0.15) is 0 Å². The Balaban J connectivity index is 1.92. The lowest BCUT2D eigenvalue weighted by Gasteiger charge is -2.33. The molecular formula is C14H21F2N5O3. The first-order valence-electron chi connectivity index (χ1n) is 7.62. The van der Waals surface area contributed by atoms with Crippen LogP contribution < -0.4 is 21.1 Å². The molecule has 1 aromatic rings. The summed E-state index contributed by atoms with van der Waals surface area (Å²) in [5.74, 6) is -3.05. The predicted molar refractivity (Wildman–Crippen MR) is 83.3 cm³/mol. The number of aliphatic hydroxyl groups is 1. The lowest BCUT2D eigenvalue weighted by molar-refractivity contribution is -0.0454. The number of carbonyl (C=O) groups excluding carboxylic acids is 1. The third kappa shape index (κ3) is 4.63. The molecule has 0 spiro atoms. The van der Waals surface area contributed by atoms with Crippen LogP contribution in [0.2, 0.25) is 0 Å². The number of hydrogen-bond donors (Lipinski definition) is 3. The molecule has 24 heavy (non-hydrogen) atoms. The summed E-state index contributed by atoms with van der Waals surface area (Å²) in [6.45, 7) is -1.26. The van der Waals surface area contributed by atoms with Crippen molar-refractivity contribution < 1.29 is 18.7 Å². The molecule has 0 saturated carbocycles. The van der Waals surface area contributed by atoms with E-state index in [1.54, 1.807) is 18.1 Å². The number of aryl methyl sites for hydroxylation is 1. The van der Waals surface area contributed by atoms with Crippen molar-refractivity contribution >= 4 is 11.8 Å². The average molecular weight is 345 g/mol. The van der Waals surface area contributed by atoms with Gasteiger partial charge in [0.25, 0.3) is 11.5 Å². The number of aromatic nitrogens is 2. The highest BCUT2D eigenvalue weighted by Crippen LogP contribution is 2.14. The number of nitrogens with one attached hydrogen (secondary N) is 2. The van der Waals surface area contributed by atoms with E-state index in [2.05, 4.69) is 10.3 Å². The van der Waals surface area contributed by atoms with Gasteiger partial charge in [-0.3, -0.25) is 4.79 Å². The molecule has 0 bridgehead atoms. The van der Waals surface area contributed by atoms with Gasteiger partial charge < -0.3 is 25.2 Å². The van der Waals surface area contributed by atoms with Gasteiger partial charge in [-0.1, -0.05) is 0 Å². The summed E-state index contributed by atoms with van der Waals surface area (Å²) in [5.41, 5.74) is -0.231. The van der Waals surface area contributed by atoms with Crippen molar-refractivity contribution in [2.45, 2.75) is 24.8 Å². The quantitative estimate of drug-likeness (QED) is 0.679. The van der Waals surface area contributed by atoms with E-state index in [1.165, 1.54) is 10.8 Å². The van der Waals surface area contributed by atoms with Crippen LogP contribution in [-0.2, 0) is 7.05 Å². The molecule has 0 unspecified atom stereocenters. The van der Waals surface area contributed by atoms with E-state index in [9.17, 15) is 18.4 Å². The van der Waals surface area contributed by atoms with Crippen molar-refractivity contribution in [1.82, 2.24) is 20.2 Å². The number of rotatable bonds is 5. The van der Waals surface area contributed by atoms with Crippen LogP contribution in [0, 0.1) is 0 Å².